The van der Waals surface area contributed by atoms with Crippen LogP contribution in [0.25, 0.3) is 0 Å². The van der Waals surface area contributed by atoms with Gasteiger partial charge in [-0.3, -0.25) is 9.78 Å². The number of aromatic nitrogens is 1. The first-order valence-electron chi connectivity index (χ1n) is 4.06. The van der Waals surface area contributed by atoms with E-state index in [1.165, 1.54) is 6.20 Å². The van der Waals surface area contributed by atoms with Crippen LogP contribution in [0.4, 0.5) is 0 Å². The molecule has 0 bridgehead atoms. The van der Waals surface area contributed by atoms with E-state index in [9.17, 15) is 4.79 Å². The van der Waals surface area contributed by atoms with Crippen molar-refractivity contribution < 1.29 is 9.53 Å². The molecule has 1 aromatic rings. The molecule has 1 heterocycles. The number of nitrogens with zero attached hydrogens (tertiary/aromatic N) is 1. The van der Waals surface area contributed by atoms with E-state index in [4.69, 9.17) is 10.5 Å². The maximum atomic E-state index is 10.7. The molecule has 0 saturated heterocycles. The summed E-state index contributed by atoms with van der Waals surface area (Å²) in [6.07, 6.45) is 1.46. The topological polar surface area (TPSA) is 65.2 Å². The second kappa shape index (κ2) is 4.57. The van der Waals surface area contributed by atoms with E-state index in [2.05, 4.69) is 4.98 Å². The third-order valence-corrected chi connectivity index (χ3v) is 1.56. The molecule has 4 heteroatoms. The van der Waals surface area contributed by atoms with E-state index < -0.39 is 5.91 Å². The van der Waals surface area contributed by atoms with Gasteiger partial charge in [0.25, 0.3) is 0 Å². The van der Waals surface area contributed by atoms with Gasteiger partial charge in [0.05, 0.1) is 17.9 Å². The largest absolute Gasteiger partial charge is 0.375 e. The van der Waals surface area contributed by atoms with Gasteiger partial charge in [-0.25, -0.2) is 0 Å². The number of hydrogen-bond acceptors (Lipinski definition) is 3. The van der Waals surface area contributed by atoms with Crippen molar-refractivity contribution in [2.45, 2.75) is 13.5 Å². The van der Waals surface area contributed by atoms with Gasteiger partial charge in [-0.1, -0.05) is 0 Å². The zero-order valence-corrected chi connectivity index (χ0v) is 7.49. The Morgan fingerprint density at radius 2 is 2.38 bits per heavy atom. The number of rotatable bonds is 4. The van der Waals surface area contributed by atoms with Crippen molar-refractivity contribution in [1.29, 1.82) is 0 Å². The number of pyridine rings is 1. The lowest BCUT2D eigenvalue weighted by Gasteiger charge is -2.00. The minimum atomic E-state index is -0.463. The highest BCUT2D eigenvalue weighted by Crippen LogP contribution is 2.00. The Labute approximate surface area is 76.7 Å². The molecule has 2 N–H and O–H groups in total. The number of primary amides is 1. The average molecular weight is 180 g/mol. The molecule has 1 amide bonds. The van der Waals surface area contributed by atoms with Gasteiger partial charge >= 0.3 is 0 Å². The summed E-state index contributed by atoms with van der Waals surface area (Å²) in [6, 6.07) is 3.37. The Kier molecular flexibility index (Phi) is 3.40. The summed E-state index contributed by atoms with van der Waals surface area (Å²) in [6.45, 7) is 3.03. The Hall–Kier alpha value is -1.42. The van der Waals surface area contributed by atoms with E-state index in [0.717, 1.165) is 5.69 Å². The van der Waals surface area contributed by atoms with Crippen molar-refractivity contribution in [1.82, 2.24) is 4.98 Å². The fourth-order valence-corrected chi connectivity index (χ4v) is 0.862. The normalized spacial score (nSPS) is 9.92. The first-order valence-corrected chi connectivity index (χ1v) is 4.06. The van der Waals surface area contributed by atoms with Crippen LogP contribution in [-0.2, 0) is 11.3 Å². The quantitative estimate of drug-likeness (QED) is 0.742. The van der Waals surface area contributed by atoms with Crippen LogP contribution in [0.1, 0.15) is 23.0 Å². The van der Waals surface area contributed by atoms with E-state index in [1.54, 1.807) is 12.1 Å². The molecule has 0 atom stereocenters. The average Bonchev–Trinajstić information content (AvgIpc) is 2.15. The summed E-state index contributed by atoms with van der Waals surface area (Å²) in [5.74, 6) is -0.463. The summed E-state index contributed by atoms with van der Waals surface area (Å²) >= 11 is 0. The van der Waals surface area contributed by atoms with Crippen LogP contribution in [-0.4, -0.2) is 17.5 Å². The van der Waals surface area contributed by atoms with Gasteiger partial charge in [-0.2, -0.15) is 0 Å². The van der Waals surface area contributed by atoms with Crippen molar-refractivity contribution >= 4 is 5.91 Å². The molecule has 1 rings (SSSR count). The van der Waals surface area contributed by atoms with E-state index in [0.29, 0.717) is 18.8 Å². The molecular weight excluding hydrogens is 168 g/mol. The molecule has 4 nitrogen and oxygen atoms in total. The maximum Gasteiger partial charge on any atom is 0.250 e. The predicted octanol–water partition coefficient (Wildman–Crippen LogP) is 0.717. The molecule has 0 aromatic carbocycles. The van der Waals surface area contributed by atoms with Crippen LogP contribution >= 0.6 is 0 Å². The third kappa shape index (κ3) is 2.83. The van der Waals surface area contributed by atoms with Crippen molar-refractivity contribution in [3.63, 3.8) is 0 Å². The number of hydrogen-bond donors (Lipinski definition) is 1. The van der Waals surface area contributed by atoms with Crippen molar-refractivity contribution in [2.75, 3.05) is 6.61 Å². The molecule has 0 aliphatic rings. The van der Waals surface area contributed by atoms with Crippen molar-refractivity contribution in [3.05, 3.63) is 29.6 Å². The Balaban J connectivity index is 2.64. The molecule has 0 fully saturated rings. The number of ether oxygens (including phenoxy) is 1. The SMILES string of the molecule is CCOCc1ccc(C(N)=O)cn1. The lowest BCUT2D eigenvalue weighted by atomic mass is 10.2. The molecule has 70 valence electrons. The molecule has 1 aromatic heterocycles. The van der Waals surface area contributed by atoms with E-state index in [1.807, 2.05) is 6.92 Å². The first kappa shape index (κ1) is 9.67. The van der Waals surface area contributed by atoms with Crippen LogP contribution in [0.15, 0.2) is 18.3 Å². The third-order valence-electron chi connectivity index (χ3n) is 1.56. The molecular formula is C9H12N2O2. The standard InChI is InChI=1S/C9H12N2O2/c1-2-13-6-8-4-3-7(5-11-8)9(10)12/h3-5H,2,6H2,1H3,(H2,10,12). The van der Waals surface area contributed by atoms with Gasteiger partial charge in [-0.15, -0.1) is 0 Å². The summed E-state index contributed by atoms with van der Waals surface area (Å²) < 4.78 is 5.14. The second-order valence-corrected chi connectivity index (χ2v) is 2.54. The monoisotopic (exact) mass is 180 g/mol. The molecule has 0 saturated carbocycles. The Bertz CT molecular complexity index is 282. The van der Waals surface area contributed by atoms with Gasteiger partial charge in [-0.05, 0) is 19.1 Å². The number of carbonyl (C=O) groups is 1. The van der Waals surface area contributed by atoms with Crippen LogP contribution in [0.5, 0.6) is 0 Å². The van der Waals surface area contributed by atoms with Crippen molar-refractivity contribution in [2.24, 2.45) is 5.73 Å². The molecule has 13 heavy (non-hydrogen) atoms. The minimum Gasteiger partial charge on any atom is -0.375 e. The Morgan fingerprint density at radius 3 is 2.85 bits per heavy atom. The van der Waals surface area contributed by atoms with Gasteiger partial charge in [0.15, 0.2) is 0 Å². The smallest absolute Gasteiger partial charge is 0.250 e. The molecule has 0 aliphatic carbocycles. The lowest BCUT2D eigenvalue weighted by Crippen LogP contribution is -2.11. The zero-order chi connectivity index (χ0) is 9.68. The van der Waals surface area contributed by atoms with Gasteiger partial charge in [0.1, 0.15) is 0 Å². The fraction of sp³-hybridized carbons (Fsp3) is 0.333. The van der Waals surface area contributed by atoms with Gasteiger partial charge < -0.3 is 10.5 Å². The highest BCUT2D eigenvalue weighted by Gasteiger charge is 2.00. The molecule has 0 spiro atoms. The Morgan fingerprint density at radius 1 is 1.62 bits per heavy atom. The molecule has 0 aliphatic heterocycles. The summed E-state index contributed by atoms with van der Waals surface area (Å²) in [5.41, 5.74) is 6.27. The first-order chi connectivity index (χ1) is 6.24. The highest BCUT2D eigenvalue weighted by atomic mass is 16.5. The number of carbonyl (C=O) groups excluding carboxylic acids is 1. The summed E-state index contributed by atoms with van der Waals surface area (Å²) in [4.78, 5) is 14.7. The van der Waals surface area contributed by atoms with Gasteiger partial charge in [0, 0.05) is 12.8 Å². The zero-order valence-electron chi connectivity index (χ0n) is 7.49. The predicted molar refractivity (Wildman–Crippen MR) is 48.1 cm³/mol. The molecule has 0 unspecified atom stereocenters. The van der Waals surface area contributed by atoms with Crippen molar-refractivity contribution in [3.8, 4) is 0 Å². The lowest BCUT2D eigenvalue weighted by molar-refractivity contribution is 0.0999. The van der Waals surface area contributed by atoms with Crippen LogP contribution < -0.4 is 5.73 Å². The second-order valence-electron chi connectivity index (χ2n) is 2.54. The summed E-state index contributed by atoms with van der Waals surface area (Å²) in [7, 11) is 0. The fourth-order valence-electron chi connectivity index (χ4n) is 0.862. The minimum absolute atomic E-state index is 0.417. The van der Waals surface area contributed by atoms with E-state index >= 15 is 0 Å². The van der Waals surface area contributed by atoms with E-state index in [-0.39, 0.29) is 0 Å². The summed E-state index contributed by atoms with van der Waals surface area (Å²) in [5, 5.41) is 0. The molecule has 0 radical (unpaired) electrons. The van der Waals surface area contributed by atoms with Gasteiger partial charge in [0.2, 0.25) is 5.91 Å². The number of amides is 1. The highest BCUT2D eigenvalue weighted by molar-refractivity contribution is 5.92. The maximum absolute atomic E-state index is 10.7. The van der Waals surface area contributed by atoms with Crippen LogP contribution in [0, 0.1) is 0 Å². The van der Waals surface area contributed by atoms with Crippen LogP contribution in [0.3, 0.4) is 0 Å². The number of nitrogens with two attached hydrogens (primary N) is 1. The van der Waals surface area contributed by atoms with Crippen LogP contribution in [0.2, 0.25) is 0 Å².